The number of hydrogen-bond acceptors (Lipinski definition) is 3. The van der Waals surface area contributed by atoms with Gasteiger partial charge in [-0.05, 0) is 36.8 Å². The van der Waals surface area contributed by atoms with Crippen LogP contribution < -0.4 is 5.73 Å². The molecular formula is C17H26N2S. The fourth-order valence-corrected chi connectivity index (χ4v) is 4.39. The van der Waals surface area contributed by atoms with Crippen molar-refractivity contribution >= 4 is 11.8 Å². The SMILES string of the molecule is CC1SCCN(C(CN)c2ccc(C3CC3)cc2)C1C. The summed E-state index contributed by atoms with van der Waals surface area (Å²) in [6.45, 7) is 6.55. The molecule has 0 bridgehead atoms. The highest BCUT2D eigenvalue weighted by Crippen LogP contribution is 2.40. The second kappa shape index (κ2) is 6.08. The first-order valence-electron chi connectivity index (χ1n) is 7.88. The average Bonchev–Trinajstić information content (AvgIpc) is 3.30. The summed E-state index contributed by atoms with van der Waals surface area (Å²) in [4.78, 5) is 2.60. The molecule has 1 aromatic carbocycles. The summed E-state index contributed by atoms with van der Waals surface area (Å²) >= 11 is 2.09. The van der Waals surface area contributed by atoms with Crippen LogP contribution in [0.4, 0.5) is 0 Å². The largest absolute Gasteiger partial charge is 0.329 e. The summed E-state index contributed by atoms with van der Waals surface area (Å²) in [7, 11) is 0. The van der Waals surface area contributed by atoms with E-state index < -0.39 is 0 Å². The van der Waals surface area contributed by atoms with Crippen LogP contribution in [0.1, 0.15) is 49.8 Å². The fraction of sp³-hybridized carbons (Fsp3) is 0.647. The van der Waals surface area contributed by atoms with E-state index in [4.69, 9.17) is 5.73 Å². The van der Waals surface area contributed by atoms with Crippen molar-refractivity contribution in [2.75, 3.05) is 18.8 Å². The minimum atomic E-state index is 0.376. The molecule has 20 heavy (non-hydrogen) atoms. The highest BCUT2D eigenvalue weighted by Gasteiger charge is 2.31. The van der Waals surface area contributed by atoms with Gasteiger partial charge >= 0.3 is 0 Å². The van der Waals surface area contributed by atoms with Crippen molar-refractivity contribution in [2.24, 2.45) is 5.73 Å². The molecule has 1 aliphatic heterocycles. The molecular weight excluding hydrogens is 264 g/mol. The molecule has 1 heterocycles. The standard InChI is InChI=1S/C17H26N2S/c1-12-13(2)20-10-9-19(12)17(11-18)16-7-5-15(6-8-16)14-3-4-14/h5-8,12-14,17H,3-4,9-11,18H2,1-2H3. The van der Waals surface area contributed by atoms with Crippen LogP contribution in [0.15, 0.2) is 24.3 Å². The second-order valence-electron chi connectivity index (χ2n) is 6.25. The highest BCUT2D eigenvalue weighted by molar-refractivity contribution is 8.00. The Labute approximate surface area is 127 Å². The van der Waals surface area contributed by atoms with E-state index in [2.05, 4.69) is 54.8 Å². The number of nitrogens with zero attached hydrogens (tertiary/aromatic N) is 1. The number of thioether (sulfide) groups is 1. The monoisotopic (exact) mass is 290 g/mol. The Bertz CT molecular complexity index is 441. The minimum Gasteiger partial charge on any atom is -0.329 e. The van der Waals surface area contributed by atoms with Gasteiger partial charge in [0.25, 0.3) is 0 Å². The zero-order valence-corrected chi connectivity index (χ0v) is 13.4. The van der Waals surface area contributed by atoms with Crippen molar-refractivity contribution in [3.8, 4) is 0 Å². The maximum atomic E-state index is 6.11. The summed E-state index contributed by atoms with van der Waals surface area (Å²) < 4.78 is 0. The van der Waals surface area contributed by atoms with E-state index in [0.29, 0.717) is 23.9 Å². The van der Waals surface area contributed by atoms with Crippen molar-refractivity contribution in [1.29, 1.82) is 0 Å². The van der Waals surface area contributed by atoms with Crippen LogP contribution in [0.25, 0.3) is 0 Å². The van der Waals surface area contributed by atoms with E-state index in [1.807, 2.05) is 0 Å². The van der Waals surface area contributed by atoms with Gasteiger partial charge in [0, 0.05) is 36.2 Å². The van der Waals surface area contributed by atoms with E-state index >= 15 is 0 Å². The van der Waals surface area contributed by atoms with Gasteiger partial charge < -0.3 is 5.73 Å². The highest BCUT2D eigenvalue weighted by atomic mass is 32.2. The van der Waals surface area contributed by atoms with Crippen LogP contribution in [0.2, 0.25) is 0 Å². The number of benzene rings is 1. The topological polar surface area (TPSA) is 29.3 Å². The predicted molar refractivity (Wildman–Crippen MR) is 88.3 cm³/mol. The van der Waals surface area contributed by atoms with E-state index in [0.717, 1.165) is 12.5 Å². The molecule has 3 rings (SSSR count). The van der Waals surface area contributed by atoms with Crippen LogP contribution in [0.5, 0.6) is 0 Å². The van der Waals surface area contributed by atoms with Gasteiger partial charge in [0.05, 0.1) is 0 Å². The first-order valence-corrected chi connectivity index (χ1v) is 8.93. The van der Waals surface area contributed by atoms with Gasteiger partial charge in [0.15, 0.2) is 0 Å². The first kappa shape index (κ1) is 14.4. The van der Waals surface area contributed by atoms with Crippen LogP contribution in [0.3, 0.4) is 0 Å². The Morgan fingerprint density at radius 1 is 1.25 bits per heavy atom. The third-order valence-corrected chi connectivity index (χ3v) is 6.26. The van der Waals surface area contributed by atoms with Gasteiger partial charge in [-0.2, -0.15) is 11.8 Å². The molecule has 1 aromatic rings. The molecule has 2 N–H and O–H groups in total. The second-order valence-corrected chi connectivity index (χ2v) is 7.73. The fourth-order valence-electron chi connectivity index (χ4n) is 3.27. The Morgan fingerprint density at radius 2 is 1.95 bits per heavy atom. The molecule has 0 spiro atoms. The Kier molecular flexibility index (Phi) is 4.39. The lowest BCUT2D eigenvalue weighted by Gasteiger charge is -2.42. The third-order valence-electron chi connectivity index (χ3n) is 4.93. The molecule has 3 atom stereocenters. The van der Waals surface area contributed by atoms with E-state index in [1.54, 1.807) is 0 Å². The van der Waals surface area contributed by atoms with Gasteiger partial charge in [-0.3, -0.25) is 4.90 Å². The molecule has 0 radical (unpaired) electrons. The molecule has 2 fully saturated rings. The molecule has 3 heteroatoms. The van der Waals surface area contributed by atoms with Gasteiger partial charge in [-0.1, -0.05) is 31.2 Å². The lowest BCUT2D eigenvalue weighted by Crippen LogP contribution is -2.48. The summed E-state index contributed by atoms with van der Waals surface area (Å²) in [6, 6.07) is 10.2. The van der Waals surface area contributed by atoms with Crippen LogP contribution in [-0.4, -0.2) is 35.0 Å². The zero-order valence-electron chi connectivity index (χ0n) is 12.6. The Balaban J connectivity index is 1.77. The van der Waals surface area contributed by atoms with Crippen molar-refractivity contribution in [3.63, 3.8) is 0 Å². The molecule has 2 nitrogen and oxygen atoms in total. The lowest BCUT2D eigenvalue weighted by atomic mass is 10.00. The van der Waals surface area contributed by atoms with E-state index in [9.17, 15) is 0 Å². The predicted octanol–water partition coefficient (Wildman–Crippen LogP) is 3.39. The molecule has 2 aliphatic rings. The quantitative estimate of drug-likeness (QED) is 0.921. The van der Waals surface area contributed by atoms with Gasteiger partial charge in [-0.25, -0.2) is 0 Å². The molecule has 1 saturated carbocycles. The summed E-state index contributed by atoms with van der Waals surface area (Å²) in [6.07, 6.45) is 2.75. The Morgan fingerprint density at radius 3 is 2.55 bits per heavy atom. The normalized spacial score (nSPS) is 29.4. The minimum absolute atomic E-state index is 0.376. The average molecular weight is 290 g/mol. The maximum absolute atomic E-state index is 6.11. The van der Waals surface area contributed by atoms with Crippen LogP contribution in [-0.2, 0) is 0 Å². The number of hydrogen-bond donors (Lipinski definition) is 1. The summed E-state index contributed by atoms with van der Waals surface area (Å²) in [5, 5.41) is 0.698. The number of nitrogens with two attached hydrogens (primary N) is 1. The number of rotatable bonds is 4. The Hall–Kier alpha value is -0.510. The van der Waals surface area contributed by atoms with Gasteiger partial charge in [-0.15, -0.1) is 0 Å². The van der Waals surface area contributed by atoms with Gasteiger partial charge in [0.2, 0.25) is 0 Å². The van der Waals surface area contributed by atoms with Gasteiger partial charge in [0.1, 0.15) is 0 Å². The first-order chi connectivity index (χ1) is 9.70. The molecule has 3 unspecified atom stereocenters. The summed E-state index contributed by atoms with van der Waals surface area (Å²) in [5.41, 5.74) is 9.01. The van der Waals surface area contributed by atoms with E-state index in [1.165, 1.54) is 29.7 Å². The summed E-state index contributed by atoms with van der Waals surface area (Å²) in [5.74, 6) is 2.06. The van der Waals surface area contributed by atoms with E-state index in [-0.39, 0.29) is 0 Å². The van der Waals surface area contributed by atoms with Crippen molar-refractivity contribution in [2.45, 2.75) is 49.9 Å². The molecule has 1 aliphatic carbocycles. The molecule has 1 saturated heterocycles. The van der Waals surface area contributed by atoms with Crippen molar-refractivity contribution in [3.05, 3.63) is 35.4 Å². The van der Waals surface area contributed by atoms with Crippen LogP contribution in [0, 0.1) is 0 Å². The maximum Gasteiger partial charge on any atom is 0.0474 e. The van der Waals surface area contributed by atoms with Crippen LogP contribution >= 0.6 is 11.8 Å². The smallest absolute Gasteiger partial charge is 0.0474 e. The molecule has 0 amide bonds. The lowest BCUT2D eigenvalue weighted by molar-refractivity contribution is 0.150. The van der Waals surface area contributed by atoms with Crippen molar-refractivity contribution in [1.82, 2.24) is 4.90 Å². The molecule has 110 valence electrons. The van der Waals surface area contributed by atoms with Crippen molar-refractivity contribution < 1.29 is 0 Å². The third kappa shape index (κ3) is 2.90. The molecule has 0 aromatic heterocycles. The zero-order chi connectivity index (χ0) is 14.1.